The quantitative estimate of drug-likeness (QED) is 0.921. The van der Waals surface area contributed by atoms with Crippen molar-refractivity contribution < 1.29 is 9.90 Å². The summed E-state index contributed by atoms with van der Waals surface area (Å²) in [6.07, 6.45) is 3.67. The molecule has 0 aliphatic rings. The maximum Gasteiger partial charge on any atom is 0.336 e. The Hall–Kier alpha value is -2.10. The van der Waals surface area contributed by atoms with Crippen LogP contribution in [0.5, 0.6) is 0 Å². The number of aromatic nitrogens is 2. The third-order valence-electron chi connectivity index (χ3n) is 3.60. The van der Waals surface area contributed by atoms with Crippen LogP contribution in [-0.2, 0) is 6.54 Å². The van der Waals surface area contributed by atoms with Crippen LogP contribution < -0.4 is 0 Å². The summed E-state index contributed by atoms with van der Waals surface area (Å²) in [5.74, 6) is 0.0647. The van der Waals surface area contributed by atoms with Gasteiger partial charge >= 0.3 is 5.97 Å². The number of aryl methyl sites for hydroxylation is 3. The van der Waals surface area contributed by atoms with Crippen LogP contribution in [0.15, 0.2) is 18.5 Å². The third kappa shape index (κ3) is 2.38. The lowest BCUT2D eigenvalue weighted by atomic mass is 9.93. The predicted octanol–water partition coefficient (Wildman–Crippen LogP) is 2.86. The van der Waals surface area contributed by atoms with Gasteiger partial charge in [0, 0.05) is 18.9 Å². The van der Waals surface area contributed by atoms with Crippen molar-refractivity contribution in [3.8, 4) is 0 Å². The number of hydrogen-bond acceptors (Lipinski definition) is 2. The summed E-state index contributed by atoms with van der Waals surface area (Å²) >= 11 is 0. The second-order valence-corrected chi connectivity index (χ2v) is 4.90. The molecule has 100 valence electrons. The summed E-state index contributed by atoms with van der Waals surface area (Å²) in [5.41, 5.74) is 4.25. The first-order valence-electron chi connectivity index (χ1n) is 6.22. The summed E-state index contributed by atoms with van der Waals surface area (Å²) < 4.78 is 2.02. The van der Waals surface area contributed by atoms with Crippen LogP contribution >= 0.6 is 0 Å². The van der Waals surface area contributed by atoms with E-state index in [4.69, 9.17) is 0 Å². The van der Waals surface area contributed by atoms with Gasteiger partial charge in [-0.2, -0.15) is 0 Å². The van der Waals surface area contributed by atoms with Crippen LogP contribution in [0.3, 0.4) is 0 Å². The fourth-order valence-corrected chi connectivity index (χ4v) is 2.54. The molecule has 2 rings (SSSR count). The molecule has 0 amide bonds. The lowest BCUT2D eigenvalue weighted by Crippen LogP contribution is -2.11. The SMILES string of the molecule is Cc1cc(C)c(C(=O)O)c(C)c1Cn1ccnc1C. The first kappa shape index (κ1) is 13.3. The zero-order valence-corrected chi connectivity index (χ0v) is 11.7. The number of carboxylic acid groups (broad SMARTS) is 1. The van der Waals surface area contributed by atoms with Crippen LogP contribution in [0.1, 0.15) is 38.4 Å². The van der Waals surface area contributed by atoms with E-state index in [9.17, 15) is 9.90 Å². The fourth-order valence-electron chi connectivity index (χ4n) is 2.54. The highest BCUT2D eigenvalue weighted by Gasteiger charge is 2.16. The number of rotatable bonds is 3. The number of nitrogens with zero attached hydrogens (tertiary/aromatic N) is 2. The van der Waals surface area contributed by atoms with Crippen molar-refractivity contribution in [1.82, 2.24) is 9.55 Å². The minimum absolute atomic E-state index is 0.415. The van der Waals surface area contributed by atoms with E-state index in [0.717, 1.165) is 28.1 Å². The maximum absolute atomic E-state index is 11.4. The second-order valence-electron chi connectivity index (χ2n) is 4.90. The van der Waals surface area contributed by atoms with Crippen LogP contribution in [0.4, 0.5) is 0 Å². The molecule has 4 nitrogen and oxygen atoms in total. The minimum Gasteiger partial charge on any atom is -0.478 e. The normalized spacial score (nSPS) is 10.7. The van der Waals surface area contributed by atoms with Crippen molar-refractivity contribution in [2.24, 2.45) is 0 Å². The Morgan fingerprint density at radius 3 is 2.47 bits per heavy atom. The average Bonchev–Trinajstić information content (AvgIpc) is 2.69. The lowest BCUT2D eigenvalue weighted by molar-refractivity contribution is 0.0695. The fraction of sp³-hybridized carbons (Fsp3) is 0.333. The van der Waals surface area contributed by atoms with E-state index in [2.05, 4.69) is 4.98 Å². The number of imidazole rings is 1. The van der Waals surface area contributed by atoms with Crippen LogP contribution in [0.25, 0.3) is 0 Å². The van der Waals surface area contributed by atoms with Gasteiger partial charge in [0.05, 0.1) is 5.56 Å². The van der Waals surface area contributed by atoms with Crippen molar-refractivity contribution in [1.29, 1.82) is 0 Å². The van der Waals surface area contributed by atoms with Crippen molar-refractivity contribution in [2.45, 2.75) is 34.2 Å². The van der Waals surface area contributed by atoms with E-state index in [1.165, 1.54) is 0 Å². The number of benzene rings is 1. The topological polar surface area (TPSA) is 55.1 Å². The van der Waals surface area contributed by atoms with E-state index >= 15 is 0 Å². The number of aromatic carboxylic acids is 1. The van der Waals surface area contributed by atoms with Gasteiger partial charge < -0.3 is 9.67 Å². The Morgan fingerprint density at radius 1 is 1.26 bits per heavy atom. The van der Waals surface area contributed by atoms with Crippen molar-refractivity contribution >= 4 is 5.97 Å². The monoisotopic (exact) mass is 258 g/mol. The van der Waals surface area contributed by atoms with E-state index in [-0.39, 0.29) is 0 Å². The molecule has 0 aliphatic carbocycles. The Labute approximate surface area is 112 Å². The minimum atomic E-state index is -0.862. The van der Waals surface area contributed by atoms with Gasteiger partial charge in [-0.25, -0.2) is 9.78 Å². The Kier molecular flexibility index (Phi) is 3.42. The summed E-state index contributed by atoms with van der Waals surface area (Å²) in [5, 5.41) is 9.32. The lowest BCUT2D eigenvalue weighted by Gasteiger charge is -2.16. The zero-order valence-electron chi connectivity index (χ0n) is 11.7. The summed E-state index contributed by atoms with van der Waals surface area (Å²) in [4.78, 5) is 15.6. The van der Waals surface area contributed by atoms with E-state index in [1.807, 2.05) is 44.5 Å². The Morgan fingerprint density at radius 2 is 1.95 bits per heavy atom. The van der Waals surface area contributed by atoms with Gasteiger partial charge in [0.2, 0.25) is 0 Å². The average molecular weight is 258 g/mol. The molecule has 1 aromatic heterocycles. The highest BCUT2D eigenvalue weighted by Crippen LogP contribution is 2.23. The van der Waals surface area contributed by atoms with Crippen molar-refractivity contribution in [2.75, 3.05) is 0 Å². The number of hydrogen-bond donors (Lipinski definition) is 1. The van der Waals surface area contributed by atoms with E-state index in [1.54, 1.807) is 6.20 Å². The molecule has 0 bridgehead atoms. The molecule has 0 spiro atoms. The molecule has 1 N–H and O–H groups in total. The standard InChI is InChI=1S/C15H18N2O2/c1-9-7-10(2)14(15(18)19)11(3)13(9)8-17-6-5-16-12(17)4/h5-7H,8H2,1-4H3,(H,18,19). The van der Waals surface area contributed by atoms with Crippen LogP contribution in [-0.4, -0.2) is 20.6 Å². The van der Waals surface area contributed by atoms with Gasteiger partial charge in [-0.1, -0.05) is 6.07 Å². The molecule has 0 saturated heterocycles. The van der Waals surface area contributed by atoms with E-state index in [0.29, 0.717) is 12.1 Å². The maximum atomic E-state index is 11.4. The molecule has 1 heterocycles. The molecule has 0 unspecified atom stereocenters. The summed E-state index contributed by atoms with van der Waals surface area (Å²) in [7, 11) is 0. The smallest absolute Gasteiger partial charge is 0.336 e. The highest BCUT2D eigenvalue weighted by atomic mass is 16.4. The second kappa shape index (κ2) is 4.88. The number of carboxylic acids is 1. The van der Waals surface area contributed by atoms with Gasteiger partial charge in [-0.3, -0.25) is 0 Å². The molecule has 1 aromatic carbocycles. The third-order valence-corrected chi connectivity index (χ3v) is 3.60. The van der Waals surface area contributed by atoms with Gasteiger partial charge in [0.1, 0.15) is 5.82 Å². The van der Waals surface area contributed by atoms with E-state index < -0.39 is 5.97 Å². The first-order chi connectivity index (χ1) is 8.91. The molecule has 19 heavy (non-hydrogen) atoms. The van der Waals surface area contributed by atoms with Crippen LogP contribution in [0.2, 0.25) is 0 Å². The number of carbonyl (C=O) groups is 1. The molecular weight excluding hydrogens is 240 g/mol. The highest BCUT2D eigenvalue weighted by molar-refractivity contribution is 5.91. The van der Waals surface area contributed by atoms with Crippen molar-refractivity contribution in [3.63, 3.8) is 0 Å². The van der Waals surface area contributed by atoms with Gasteiger partial charge in [-0.15, -0.1) is 0 Å². The molecule has 0 atom stereocenters. The first-order valence-corrected chi connectivity index (χ1v) is 6.22. The van der Waals surface area contributed by atoms with Gasteiger partial charge in [0.25, 0.3) is 0 Å². The van der Waals surface area contributed by atoms with Gasteiger partial charge in [-0.05, 0) is 49.9 Å². The molecule has 4 heteroatoms. The van der Waals surface area contributed by atoms with Crippen molar-refractivity contribution in [3.05, 3.63) is 52.1 Å². The summed E-state index contributed by atoms with van der Waals surface area (Å²) in [6, 6.07) is 1.94. The molecule has 0 fully saturated rings. The Bertz CT molecular complexity index is 642. The molecule has 0 saturated carbocycles. The molecule has 2 aromatic rings. The zero-order chi connectivity index (χ0) is 14.2. The summed E-state index contributed by atoms with van der Waals surface area (Å²) in [6.45, 7) is 8.34. The largest absolute Gasteiger partial charge is 0.478 e. The molecular formula is C15H18N2O2. The van der Waals surface area contributed by atoms with Crippen LogP contribution in [0, 0.1) is 27.7 Å². The Balaban J connectivity index is 2.54. The molecule has 0 aliphatic heterocycles. The predicted molar refractivity (Wildman–Crippen MR) is 73.7 cm³/mol. The van der Waals surface area contributed by atoms with Gasteiger partial charge in [0.15, 0.2) is 0 Å². The molecule has 0 radical (unpaired) electrons.